The molecule has 7 nitrogen and oxygen atoms in total. The third-order valence-corrected chi connectivity index (χ3v) is 5.32. The molecule has 1 heterocycles. The first-order valence-corrected chi connectivity index (χ1v) is 10.2. The molecule has 2 N–H and O–H groups in total. The normalized spacial score (nSPS) is 21.2. The number of carbonyl (C=O) groups is 2. The van der Waals surface area contributed by atoms with Gasteiger partial charge in [-0.25, -0.2) is 9.18 Å². The summed E-state index contributed by atoms with van der Waals surface area (Å²) in [6.45, 7) is -0.883. The summed E-state index contributed by atoms with van der Waals surface area (Å²) in [5.74, 6) is -2.13. The van der Waals surface area contributed by atoms with Crippen LogP contribution >= 0.6 is 0 Å². The Bertz CT molecular complexity index is 834. The van der Waals surface area contributed by atoms with E-state index in [9.17, 15) is 36.6 Å². The summed E-state index contributed by atoms with van der Waals surface area (Å²) < 4.78 is 67.1. The summed E-state index contributed by atoms with van der Waals surface area (Å²) in [6.07, 6.45) is -4.42. The van der Waals surface area contributed by atoms with E-state index in [1.807, 2.05) is 0 Å². The van der Waals surface area contributed by atoms with Gasteiger partial charge in [0, 0.05) is 37.3 Å². The number of hydrogen-bond donors (Lipinski definition) is 2. The number of rotatable bonds is 7. The molecule has 3 rings (SSSR count). The molecule has 1 aromatic carbocycles. The van der Waals surface area contributed by atoms with E-state index < -0.39 is 48.7 Å². The van der Waals surface area contributed by atoms with E-state index in [1.165, 1.54) is 9.80 Å². The van der Waals surface area contributed by atoms with Crippen LogP contribution in [-0.2, 0) is 11.3 Å². The van der Waals surface area contributed by atoms with Gasteiger partial charge in [-0.15, -0.1) is 13.2 Å². The highest BCUT2D eigenvalue weighted by Crippen LogP contribution is 2.32. The maximum Gasteiger partial charge on any atom is 0.573 e. The molecule has 2 fully saturated rings. The number of piperidine rings is 1. The van der Waals surface area contributed by atoms with Gasteiger partial charge in [-0.2, -0.15) is 0 Å². The Hall–Kier alpha value is -2.63. The van der Waals surface area contributed by atoms with Crippen molar-refractivity contribution in [2.75, 3.05) is 19.8 Å². The van der Waals surface area contributed by atoms with Crippen molar-refractivity contribution in [3.8, 4) is 5.75 Å². The molecule has 0 spiro atoms. The Balaban J connectivity index is 1.64. The van der Waals surface area contributed by atoms with E-state index in [2.05, 4.69) is 10.1 Å². The average Bonchev–Trinajstić information content (AvgIpc) is 3.51. The minimum Gasteiger partial charge on any atom is -0.406 e. The molecule has 2 atom stereocenters. The molecule has 1 aromatic rings. The molecule has 178 valence electrons. The Morgan fingerprint density at radius 3 is 2.53 bits per heavy atom. The maximum absolute atomic E-state index is 14.1. The highest BCUT2D eigenvalue weighted by molar-refractivity contribution is 5.77. The molecular weight excluding hydrogens is 441 g/mol. The van der Waals surface area contributed by atoms with Crippen LogP contribution < -0.4 is 10.1 Å². The van der Waals surface area contributed by atoms with Crippen LogP contribution in [0.5, 0.6) is 5.75 Å². The number of likely N-dealkylation sites (tertiary alicyclic amines) is 1. The van der Waals surface area contributed by atoms with Crippen molar-refractivity contribution in [3.05, 3.63) is 29.6 Å². The minimum absolute atomic E-state index is 0.0351. The number of nitrogens with zero attached hydrogens (tertiary/aromatic N) is 2. The largest absolute Gasteiger partial charge is 0.573 e. The molecule has 1 saturated carbocycles. The molecule has 1 aliphatic heterocycles. The SMILES string of the molecule is O=C(CCF)N1CC(O)CC(N(C(=O)NCc2ccc(OC(F)(F)F)cc2F)C2CC2)C1. The number of alkyl halides is 4. The number of halogens is 5. The molecule has 2 unspecified atom stereocenters. The summed E-state index contributed by atoms with van der Waals surface area (Å²) >= 11 is 0. The molecule has 0 aromatic heterocycles. The fraction of sp³-hybridized carbons (Fsp3) is 0.600. The quantitative estimate of drug-likeness (QED) is 0.607. The number of β-amino-alcohol motifs (C(OH)–C–C–N with tert-alkyl or cyclic N) is 1. The number of nitrogens with one attached hydrogen (secondary N) is 1. The molecule has 3 amide bonds. The fourth-order valence-electron chi connectivity index (χ4n) is 3.80. The lowest BCUT2D eigenvalue weighted by atomic mass is 10.0. The first-order valence-electron chi connectivity index (χ1n) is 10.2. The number of aliphatic hydroxyl groups is 1. The predicted octanol–water partition coefficient (Wildman–Crippen LogP) is 2.72. The lowest BCUT2D eigenvalue weighted by molar-refractivity contribution is -0.274. The highest BCUT2D eigenvalue weighted by Gasteiger charge is 2.41. The fourth-order valence-corrected chi connectivity index (χ4v) is 3.80. The third kappa shape index (κ3) is 6.44. The second kappa shape index (κ2) is 9.88. The van der Waals surface area contributed by atoms with Crippen LogP contribution in [0.1, 0.15) is 31.2 Å². The van der Waals surface area contributed by atoms with Crippen LogP contribution in [0.4, 0.5) is 26.7 Å². The van der Waals surface area contributed by atoms with Gasteiger partial charge in [-0.3, -0.25) is 9.18 Å². The zero-order valence-corrected chi connectivity index (χ0v) is 17.1. The van der Waals surface area contributed by atoms with E-state index in [0.29, 0.717) is 6.07 Å². The number of amides is 3. The number of aliphatic hydroxyl groups excluding tert-OH is 1. The molecule has 12 heteroatoms. The van der Waals surface area contributed by atoms with Gasteiger partial charge in [-0.05, 0) is 25.3 Å². The lowest BCUT2D eigenvalue weighted by Gasteiger charge is -2.41. The van der Waals surface area contributed by atoms with Crippen molar-refractivity contribution in [3.63, 3.8) is 0 Å². The Morgan fingerprint density at radius 1 is 1.22 bits per heavy atom. The van der Waals surface area contributed by atoms with Gasteiger partial charge >= 0.3 is 12.4 Å². The number of urea groups is 1. The molecule has 1 aliphatic carbocycles. The van der Waals surface area contributed by atoms with E-state index in [0.717, 1.165) is 25.0 Å². The van der Waals surface area contributed by atoms with Crippen LogP contribution in [0, 0.1) is 5.82 Å². The lowest BCUT2D eigenvalue weighted by Crippen LogP contribution is -2.58. The molecule has 1 saturated heterocycles. The number of ether oxygens (including phenoxy) is 1. The van der Waals surface area contributed by atoms with Gasteiger partial charge in [0.2, 0.25) is 5.91 Å². The summed E-state index contributed by atoms with van der Waals surface area (Å²) in [7, 11) is 0. The van der Waals surface area contributed by atoms with Crippen LogP contribution in [0.3, 0.4) is 0 Å². The summed E-state index contributed by atoms with van der Waals surface area (Å²) in [6, 6.07) is 1.47. The van der Waals surface area contributed by atoms with Crippen molar-refractivity contribution in [2.24, 2.45) is 0 Å². The van der Waals surface area contributed by atoms with Crippen molar-refractivity contribution in [1.82, 2.24) is 15.1 Å². The molecular formula is C20H24F5N3O4. The number of carbonyl (C=O) groups excluding carboxylic acids is 2. The second-order valence-corrected chi connectivity index (χ2v) is 7.88. The topological polar surface area (TPSA) is 82.1 Å². The second-order valence-electron chi connectivity index (χ2n) is 7.88. The Kier molecular flexibility index (Phi) is 7.42. The van der Waals surface area contributed by atoms with Gasteiger partial charge in [0.05, 0.1) is 25.2 Å². The van der Waals surface area contributed by atoms with E-state index in [4.69, 9.17) is 0 Å². The van der Waals surface area contributed by atoms with Gasteiger partial charge in [0.15, 0.2) is 0 Å². The maximum atomic E-state index is 14.1. The summed E-state index contributed by atoms with van der Waals surface area (Å²) in [5.41, 5.74) is -0.0351. The van der Waals surface area contributed by atoms with Crippen LogP contribution in [0.2, 0.25) is 0 Å². The van der Waals surface area contributed by atoms with Crippen molar-refractivity contribution < 1.29 is 41.4 Å². The zero-order chi connectivity index (χ0) is 23.5. The average molecular weight is 465 g/mol. The van der Waals surface area contributed by atoms with Gasteiger partial charge in [0.1, 0.15) is 11.6 Å². The summed E-state index contributed by atoms with van der Waals surface area (Å²) in [4.78, 5) is 27.8. The minimum atomic E-state index is -4.95. The first kappa shape index (κ1) is 24.0. The van der Waals surface area contributed by atoms with E-state index >= 15 is 0 Å². The van der Waals surface area contributed by atoms with Crippen LogP contribution in [0.15, 0.2) is 18.2 Å². The van der Waals surface area contributed by atoms with Gasteiger partial charge in [0.25, 0.3) is 0 Å². The van der Waals surface area contributed by atoms with Crippen LogP contribution in [0.25, 0.3) is 0 Å². The predicted molar refractivity (Wildman–Crippen MR) is 102 cm³/mol. The van der Waals surface area contributed by atoms with Crippen molar-refractivity contribution in [1.29, 1.82) is 0 Å². The van der Waals surface area contributed by atoms with Gasteiger partial charge in [-0.1, -0.05) is 6.07 Å². The Morgan fingerprint density at radius 2 is 1.94 bits per heavy atom. The Labute approximate surface area is 181 Å². The zero-order valence-electron chi connectivity index (χ0n) is 17.1. The molecule has 0 radical (unpaired) electrons. The smallest absolute Gasteiger partial charge is 0.406 e. The van der Waals surface area contributed by atoms with Crippen molar-refractivity contribution in [2.45, 2.75) is 56.8 Å². The van der Waals surface area contributed by atoms with Gasteiger partial charge < -0.3 is 25.0 Å². The number of hydrogen-bond acceptors (Lipinski definition) is 4. The molecule has 0 bridgehead atoms. The monoisotopic (exact) mass is 465 g/mol. The standard InChI is InChI=1S/C20H24F5N3O4/c21-6-5-18(30)27-10-14(7-15(29)11-27)28(13-2-3-13)19(31)26-9-12-1-4-16(8-17(12)22)32-20(23,24)25/h1,4,8,13-15,29H,2-3,5-7,9-11H2,(H,26,31). The van der Waals surface area contributed by atoms with E-state index in [1.54, 1.807) is 0 Å². The van der Waals surface area contributed by atoms with Crippen molar-refractivity contribution >= 4 is 11.9 Å². The first-order chi connectivity index (χ1) is 15.1. The molecule has 2 aliphatic rings. The summed E-state index contributed by atoms with van der Waals surface area (Å²) in [5, 5.41) is 12.7. The van der Waals surface area contributed by atoms with E-state index in [-0.39, 0.29) is 44.1 Å². The third-order valence-electron chi connectivity index (χ3n) is 5.32. The molecule has 32 heavy (non-hydrogen) atoms. The number of benzene rings is 1. The highest BCUT2D eigenvalue weighted by atomic mass is 19.4. The van der Waals surface area contributed by atoms with Crippen LogP contribution in [-0.4, -0.2) is 71.2 Å².